The van der Waals surface area contributed by atoms with E-state index in [0.29, 0.717) is 29.9 Å². The lowest BCUT2D eigenvalue weighted by atomic mass is 10.1. The number of anilines is 2. The highest BCUT2D eigenvalue weighted by Gasteiger charge is 2.28. The van der Waals surface area contributed by atoms with Crippen LogP contribution in [-0.4, -0.2) is 35.4 Å². The van der Waals surface area contributed by atoms with Gasteiger partial charge in [0.25, 0.3) is 17.2 Å². The predicted octanol–water partition coefficient (Wildman–Crippen LogP) is 4.98. The zero-order chi connectivity index (χ0) is 24.1. The maximum atomic E-state index is 13.4. The average Bonchev–Trinajstić information content (AvgIpc) is 3.27. The Hall–Kier alpha value is -3.40. The van der Waals surface area contributed by atoms with Crippen LogP contribution in [0.5, 0.6) is 0 Å². The molecule has 3 aromatic carbocycles. The normalized spacial score (nSPS) is 11.7. The van der Waals surface area contributed by atoms with Crippen molar-refractivity contribution >= 4 is 40.4 Å². The van der Waals surface area contributed by atoms with E-state index in [1.54, 1.807) is 24.1 Å². The van der Waals surface area contributed by atoms with Crippen molar-refractivity contribution in [3.05, 3.63) is 107 Å². The molecule has 7 nitrogen and oxygen atoms in total. The molecular weight excluding hydrogens is 468 g/mol. The number of nitrogens with zero attached hydrogens (tertiary/aromatic N) is 4. The van der Waals surface area contributed by atoms with Gasteiger partial charge in [0.15, 0.2) is 5.82 Å². The number of hydrogen-bond donors (Lipinski definition) is 1. The fraction of sp³-hybridized carbons (Fsp3) is 0.160. The molecule has 9 heteroatoms. The van der Waals surface area contributed by atoms with Crippen LogP contribution in [-0.2, 0) is 24.2 Å². The van der Waals surface area contributed by atoms with Gasteiger partial charge in [-0.1, -0.05) is 66.7 Å². The minimum Gasteiger partial charge on any atom is -0.337 e. The molecule has 34 heavy (non-hydrogen) atoms. The number of carbonyl (C=O) groups is 1. The number of aromatic nitrogens is 2. The van der Waals surface area contributed by atoms with E-state index in [9.17, 15) is 13.6 Å². The van der Waals surface area contributed by atoms with Gasteiger partial charge in [0, 0.05) is 20.0 Å². The summed E-state index contributed by atoms with van der Waals surface area (Å²) in [6.07, 6.45) is 0.448. The summed E-state index contributed by atoms with van der Waals surface area (Å²) >= 11 is -1.50. The third-order valence-electron chi connectivity index (χ3n) is 5.31. The first-order chi connectivity index (χ1) is 16.4. The van der Waals surface area contributed by atoms with Gasteiger partial charge in [-0.05, 0) is 35.7 Å². The van der Waals surface area contributed by atoms with Gasteiger partial charge in [0.05, 0.1) is 23.0 Å². The lowest BCUT2D eigenvalue weighted by Crippen LogP contribution is -2.29. The van der Waals surface area contributed by atoms with Crippen LogP contribution in [0.1, 0.15) is 32.7 Å². The van der Waals surface area contributed by atoms with Gasteiger partial charge in [0.1, 0.15) is 5.69 Å². The molecule has 1 aromatic heterocycles. The van der Waals surface area contributed by atoms with Gasteiger partial charge in [-0.25, -0.2) is 8.51 Å². The van der Waals surface area contributed by atoms with Crippen LogP contribution in [0.15, 0.2) is 78.9 Å². The van der Waals surface area contributed by atoms with E-state index in [2.05, 4.69) is 8.75 Å². The summed E-state index contributed by atoms with van der Waals surface area (Å²) < 4.78 is 32.8. The zero-order valence-corrected chi connectivity index (χ0v) is 20.4. The molecule has 1 amide bonds. The van der Waals surface area contributed by atoms with E-state index in [1.165, 1.54) is 4.31 Å². The summed E-state index contributed by atoms with van der Waals surface area (Å²) in [6.45, 7) is 2.28. The molecule has 1 heterocycles. The van der Waals surface area contributed by atoms with Crippen molar-refractivity contribution in [1.82, 2.24) is 13.6 Å². The monoisotopic (exact) mass is 492 g/mol. The second-order valence-corrected chi connectivity index (χ2v) is 9.24. The van der Waals surface area contributed by atoms with Crippen LogP contribution in [0.25, 0.3) is 0 Å². The first-order valence-corrected chi connectivity index (χ1v) is 12.4. The summed E-state index contributed by atoms with van der Waals surface area (Å²) in [5, 5.41) is 0. The quantitative estimate of drug-likeness (QED) is 0.351. The number of aryl methyl sites for hydroxylation is 1. The molecule has 174 valence electrons. The molecule has 0 spiro atoms. The standard InChI is InChI=1S/C25H24N4O3S2/c1-18-13-14-21(25(30)28(2)17-20-11-7-4-8-12-20)23(15-18)29(34(31)32)24-22(26-33-27-24)16-19-9-5-3-6-10-19/h3-15H,16-17H2,1-2H3,(H,31,32). The fourth-order valence-electron chi connectivity index (χ4n) is 3.65. The van der Waals surface area contributed by atoms with E-state index in [1.807, 2.05) is 73.7 Å². The Balaban J connectivity index is 1.71. The van der Waals surface area contributed by atoms with E-state index < -0.39 is 11.3 Å². The molecule has 1 N–H and O–H groups in total. The largest absolute Gasteiger partial charge is 0.337 e. The summed E-state index contributed by atoms with van der Waals surface area (Å²) in [4.78, 5) is 15.0. The highest BCUT2D eigenvalue weighted by Crippen LogP contribution is 2.34. The van der Waals surface area contributed by atoms with Crippen molar-refractivity contribution in [1.29, 1.82) is 0 Å². The van der Waals surface area contributed by atoms with Crippen molar-refractivity contribution < 1.29 is 13.6 Å². The minimum atomic E-state index is -2.47. The summed E-state index contributed by atoms with van der Waals surface area (Å²) in [5.41, 5.74) is 4.03. The van der Waals surface area contributed by atoms with Crippen LogP contribution in [0, 0.1) is 6.92 Å². The molecule has 0 saturated heterocycles. The van der Waals surface area contributed by atoms with Crippen LogP contribution < -0.4 is 4.31 Å². The van der Waals surface area contributed by atoms with Crippen LogP contribution in [0.2, 0.25) is 0 Å². The lowest BCUT2D eigenvalue weighted by Gasteiger charge is -2.24. The number of carbonyl (C=O) groups excluding carboxylic acids is 1. The lowest BCUT2D eigenvalue weighted by molar-refractivity contribution is 0.0786. The first kappa shape index (κ1) is 23.7. The van der Waals surface area contributed by atoms with Crippen molar-refractivity contribution in [2.45, 2.75) is 19.9 Å². The van der Waals surface area contributed by atoms with E-state index in [4.69, 9.17) is 0 Å². The van der Waals surface area contributed by atoms with E-state index in [0.717, 1.165) is 28.4 Å². The molecule has 1 atom stereocenters. The maximum Gasteiger partial charge on any atom is 0.268 e. The first-order valence-electron chi connectivity index (χ1n) is 10.6. The van der Waals surface area contributed by atoms with Crippen molar-refractivity contribution in [2.75, 3.05) is 11.4 Å². The van der Waals surface area contributed by atoms with Crippen molar-refractivity contribution in [2.24, 2.45) is 0 Å². The molecule has 0 saturated carbocycles. The topological polar surface area (TPSA) is 86.6 Å². The van der Waals surface area contributed by atoms with Gasteiger partial charge in [-0.2, -0.15) is 8.75 Å². The fourth-order valence-corrected chi connectivity index (χ4v) is 4.87. The number of hydrogen-bond acceptors (Lipinski definition) is 5. The summed E-state index contributed by atoms with van der Waals surface area (Å²) in [6, 6.07) is 24.6. The minimum absolute atomic E-state index is 0.262. The highest BCUT2D eigenvalue weighted by molar-refractivity contribution is 7.81. The van der Waals surface area contributed by atoms with Crippen LogP contribution >= 0.6 is 11.7 Å². The third-order valence-corrected chi connectivity index (χ3v) is 6.55. The summed E-state index contributed by atoms with van der Waals surface area (Å²) in [7, 11) is 1.71. The Morgan fingerprint density at radius 1 is 0.971 bits per heavy atom. The van der Waals surface area contributed by atoms with Crippen LogP contribution in [0.4, 0.5) is 11.5 Å². The Kier molecular flexibility index (Phi) is 7.46. The van der Waals surface area contributed by atoms with Gasteiger partial charge in [-0.15, -0.1) is 0 Å². The number of benzene rings is 3. The highest BCUT2D eigenvalue weighted by atomic mass is 32.2. The maximum absolute atomic E-state index is 13.4. The predicted molar refractivity (Wildman–Crippen MR) is 135 cm³/mol. The molecule has 4 aromatic rings. The molecule has 0 radical (unpaired) electrons. The Bertz CT molecular complexity index is 1300. The van der Waals surface area contributed by atoms with Gasteiger partial charge in [0.2, 0.25) is 0 Å². The van der Waals surface area contributed by atoms with Gasteiger partial charge >= 0.3 is 0 Å². The molecular formula is C25H24N4O3S2. The molecule has 1 unspecified atom stereocenters. The molecule has 0 aliphatic heterocycles. The Morgan fingerprint density at radius 2 is 1.62 bits per heavy atom. The van der Waals surface area contributed by atoms with E-state index >= 15 is 0 Å². The molecule has 4 rings (SSSR count). The SMILES string of the molecule is Cc1ccc(C(=O)N(C)Cc2ccccc2)c(N(c2nsnc2Cc2ccccc2)S(=O)O)c1. The average molecular weight is 493 g/mol. The summed E-state index contributed by atoms with van der Waals surface area (Å²) in [5.74, 6) is 0.00199. The Labute approximate surface area is 205 Å². The molecule has 0 aliphatic rings. The van der Waals surface area contributed by atoms with Gasteiger partial charge < -0.3 is 4.90 Å². The smallest absolute Gasteiger partial charge is 0.268 e. The zero-order valence-electron chi connectivity index (χ0n) is 18.8. The Morgan fingerprint density at radius 3 is 2.26 bits per heavy atom. The van der Waals surface area contributed by atoms with E-state index in [-0.39, 0.29) is 11.7 Å². The molecule has 0 bridgehead atoms. The van der Waals surface area contributed by atoms with Crippen molar-refractivity contribution in [3.8, 4) is 0 Å². The second kappa shape index (κ2) is 10.7. The van der Waals surface area contributed by atoms with Crippen LogP contribution in [0.3, 0.4) is 0 Å². The second-order valence-electron chi connectivity index (χ2n) is 7.89. The van der Waals surface area contributed by atoms with Gasteiger partial charge in [-0.3, -0.25) is 9.35 Å². The number of rotatable bonds is 8. The molecule has 0 fully saturated rings. The number of amides is 1. The van der Waals surface area contributed by atoms with Crippen molar-refractivity contribution in [3.63, 3.8) is 0 Å². The molecule has 0 aliphatic carbocycles. The third kappa shape index (κ3) is 5.39.